The Morgan fingerprint density at radius 1 is 1.50 bits per heavy atom. The summed E-state index contributed by atoms with van der Waals surface area (Å²) in [6.07, 6.45) is 0. The van der Waals surface area contributed by atoms with Crippen molar-refractivity contribution in [1.29, 1.82) is 0 Å². The van der Waals surface area contributed by atoms with Gasteiger partial charge < -0.3 is 0 Å². The molecular weight excluding hydrogens is 80.2 g/mol. The minimum atomic E-state index is 0.0370. The highest BCUT2D eigenvalue weighted by Crippen LogP contribution is 1.48. The summed E-state index contributed by atoms with van der Waals surface area (Å²) in [7, 11) is 2.80. The van der Waals surface area contributed by atoms with Gasteiger partial charge in [0.1, 0.15) is 0 Å². The highest BCUT2D eigenvalue weighted by Gasteiger charge is 1.54. The molecule has 0 aromatic heterocycles. The molecule has 0 nitrogen and oxygen atoms in total. The molecule has 0 saturated carbocycles. The van der Waals surface area contributed by atoms with Gasteiger partial charge in [-0.25, -0.2) is 0 Å². The molecule has 0 unspecified atom stereocenters. The molecule has 0 spiro atoms. The van der Waals surface area contributed by atoms with Gasteiger partial charge in [0.2, 0.25) is 0 Å². The van der Waals surface area contributed by atoms with Crippen LogP contribution in [-0.4, -0.2) is 17.2 Å². The fraction of sp³-hybridized carbons (Fsp3) is 1.00. The molecule has 0 atom stereocenters. The summed E-state index contributed by atoms with van der Waals surface area (Å²) in [5.41, 5.74) is 0. The van der Waals surface area contributed by atoms with Crippen molar-refractivity contribution < 1.29 is 0 Å². The van der Waals surface area contributed by atoms with Gasteiger partial charge in [0.05, 0.1) is 0 Å². The molecule has 0 N–H and O–H groups in total. The van der Waals surface area contributed by atoms with Crippen LogP contribution in [0.25, 0.3) is 0 Å². The molecule has 0 bridgehead atoms. The molecule has 23 valence electrons. The Morgan fingerprint density at radius 2 is 1.50 bits per heavy atom. The molecule has 0 aliphatic carbocycles. The molecule has 0 aromatic carbocycles. The van der Waals surface area contributed by atoms with E-state index in [0.29, 0.717) is 0 Å². The molecule has 0 aliphatic rings. The lowest BCUT2D eigenvalue weighted by Crippen LogP contribution is -1.76. The van der Waals surface area contributed by atoms with Crippen LogP contribution in [0.2, 0.25) is 13.1 Å². The summed E-state index contributed by atoms with van der Waals surface area (Å²) in [6, 6.07) is 0. The first-order valence-corrected chi connectivity index (χ1v) is 5.60. The smallest absolute Gasteiger partial charge is 0.0222 e. The fourth-order valence-corrected chi connectivity index (χ4v) is 0. The van der Waals surface area contributed by atoms with Crippen LogP contribution in [-0.2, 0) is 0 Å². The lowest BCUT2D eigenvalue weighted by Gasteiger charge is -1.62. The molecule has 1 radical (unpaired) electrons. The maximum Gasteiger partial charge on any atom is -0.0222 e. The van der Waals surface area contributed by atoms with Gasteiger partial charge in [-0.1, -0.05) is 13.1 Å². The van der Waals surface area contributed by atoms with E-state index in [1.807, 2.05) is 0 Å². The van der Waals surface area contributed by atoms with Gasteiger partial charge in [-0.3, -0.25) is 0 Å². The number of hydrogen-bond donors (Lipinski definition) is 0. The van der Waals surface area contributed by atoms with Crippen LogP contribution < -0.4 is 0 Å². The SMILES string of the molecule is C[Si](C)=[SiH]. The Hall–Kier alpha value is 0.434. The summed E-state index contributed by atoms with van der Waals surface area (Å²) >= 11 is 0. The zero-order valence-corrected chi connectivity index (χ0v) is 5.23. The van der Waals surface area contributed by atoms with E-state index >= 15 is 0 Å². The average molecular weight is 87.2 g/mol. The maximum atomic E-state index is 2.76. The van der Waals surface area contributed by atoms with Crippen LogP contribution in [0.3, 0.4) is 0 Å². The summed E-state index contributed by atoms with van der Waals surface area (Å²) < 4.78 is 0. The van der Waals surface area contributed by atoms with Gasteiger partial charge >= 0.3 is 0 Å². The van der Waals surface area contributed by atoms with E-state index in [1.54, 1.807) is 0 Å². The molecule has 4 heavy (non-hydrogen) atoms. The topological polar surface area (TPSA) is 0 Å². The first-order valence-electron chi connectivity index (χ1n) is 1.29. The van der Waals surface area contributed by atoms with Crippen molar-refractivity contribution in [3.63, 3.8) is 0 Å². The molecule has 0 rings (SSSR count). The van der Waals surface area contributed by atoms with Crippen molar-refractivity contribution in [2.45, 2.75) is 13.1 Å². The normalized spacial score (nSPS) is 6.50. The van der Waals surface area contributed by atoms with E-state index in [4.69, 9.17) is 0 Å². The Morgan fingerprint density at radius 3 is 1.50 bits per heavy atom. The second kappa shape index (κ2) is 1.72. The van der Waals surface area contributed by atoms with Crippen LogP contribution >= 0.6 is 0 Å². The quantitative estimate of drug-likeness (QED) is 0.369. The third-order valence-electron chi connectivity index (χ3n) is 0. The average Bonchev–Trinajstić information content (AvgIpc) is 0.811. The van der Waals surface area contributed by atoms with Gasteiger partial charge in [0.15, 0.2) is 0 Å². The minimum absolute atomic E-state index is 0.0370. The molecule has 0 amide bonds. The van der Waals surface area contributed by atoms with E-state index in [1.165, 1.54) is 0 Å². The van der Waals surface area contributed by atoms with Crippen molar-refractivity contribution in [1.82, 2.24) is 0 Å². The molecule has 0 aromatic rings. The standard InChI is InChI=1S/C2H7Si2/c1-4(2)3/h3H,1-2H3. The molecule has 2 heteroatoms. The van der Waals surface area contributed by atoms with E-state index in [0.717, 1.165) is 0 Å². The Labute approximate surface area is 31.2 Å². The first kappa shape index (κ1) is 4.43. The molecule has 0 aliphatic heterocycles. The number of rotatable bonds is 0. The summed E-state index contributed by atoms with van der Waals surface area (Å²) in [6.45, 7) is 4.46. The van der Waals surface area contributed by atoms with Gasteiger partial charge in [-0.05, 0) is 17.2 Å². The largest absolute Gasteiger partial charge is 0.0602 e. The van der Waals surface area contributed by atoms with Crippen molar-refractivity contribution in [3.05, 3.63) is 0 Å². The first-order chi connectivity index (χ1) is 1.73. The third kappa shape index (κ3) is 26.6. The van der Waals surface area contributed by atoms with Gasteiger partial charge in [-0.15, -0.1) is 0 Å². The van der Waals surface area contributed by atoms with Crippen LogP contribution in [0.15, 0.2) is 0 Å². The third-order valence-corrected chi connectivity index (χ3v) is 0. The summed E-state index contributed by atoms with van der Waals surface area (Å²) in [4.78, 5) is 0. The van der Waals surface area contributed by atoms with Gasteiger partial charge in [-0.2, -0.15) is 0 Å². The van der Waals surface area contributed by atoms with Crippen LogP contribution in [0, 0.1) is 0 Å². The van der Waals surface area contributed by atoms with E-state index in [2.05, 4.69) is 22.4 Å². The molecule has 0 saturated heterocycles. The highest BCUT2D eigenvalue weighted by atomic mass is 28.9. The second-order valence-corrected chi connectivity index (χ2v) is 6.70. The Balaban J connectivity index is 2.80. The zero-order chi connectivity index (χ0) is 3.58. The number of hydrogen-bond acceptors (Lipinski definition) is 0. The van der Waals surface area contributed by atoms with E-state index in [-0.39, 0.29) is 7.89 Å². The minimum Gasteiger partial charge on any atom is -0.0602 e. The predicted molar refractivity (Wildman–Crippen MR) is 24.6 cm³/mol. The zero-order valence-electron chi connectivity index (χ0n) is 3.08. The summed E-state index contributed by atoms with van der Waals surface area (Å²) in [5, 5.41) is 0. The van der Waals surface area contributed by atoms with Crippen molar-refractivity contribution in [2.24, 2.45) is 0 Å². The predicted octanol–water partition coefficient (Wildman–Crippen LogP) is 0.138. The highest BCUT2D eigenvalue weighted by molar-refractivity contribution is 6.75. The van der Waals surface area contributed by atoms with Crippen molar-refractivity contribution in [3.8, 4) is 0 Å². The van der Waals surface area contributed by atoms with E-state index < -0.39 is 0 Å². The Kier molecular flexibility index (Phi) is 1.91. The maximum absolute atomic E-state index is 2.76. The lowest BCUT2D eigenvalue weighted by molar-refractivity contribution is 2.12. The van der Waals surface area contributed by atoms with Crippen molar-refractivity contribution >= 4 is 17.2 Å². The molecule has 0 fully saturated rings. The van der Waals surface area contributed by atoms with Crippen LogP contribution in [0.5, 0.6) is 0 Å². The monoisotopic (exact) mass is 87.0 g/mol. The van der Waals surface area contributed by atoms with Crippen molar-refractivity contribution in [2.75, 3.05) is 0 Å². The summed E-state index contributed by atoms with van der Waals surface area (Å²) in [5.74, 6) is 0. The van der Waals surface area contributed by atoms with Crippen LogP contribution in [0.4, 0.5) is 0 Å². The molecular formula is C2H7Si2. The van der Waals surface area contributed by atoms with E-state index in [9.17, 15) is 0 Å². The van der Waals surface area contributed by atoms with Crippen LogP contribution in [0.1, 0.15) is 0 Å². The fourth-order valence-electron chi connectivity index (χ4n) is 0. The Bertz CT molecular complexity index is 27.0. The second-order valence-electron chi connectivity index (χ2n) is 1.08. The van der Waals surface area contributed by atoms with Gasteiger partial charge in [0.25, 0.3) is 0 Å². The lowest BCUT2D eigenvalue weighted by atomic mass is 11.9. The molecule has 0 heterocycles. The van der Waals surface area contributed by atoms with Gasteiger partial charge in [0, 0.05) is 0 Å².